The number of pyridine rings is 1. The summed E-state index contributed by atoms with van der Waals surface area (Å²) < 4.78 is 5.48. The first kappa shape index (κ1) is 18.3. The van der Waals surface area contributed by atoms with Crippen molar-refractivity contribution in [2.24, 2.45) is 0 Å². The van der Waals surface area contributed by atoms with Crippen molar-refractivity contribution >= 4 is 52.3 Å². The van der Waals surface area contributed by atoms with Gasteiger partial charge in [0.15, 0.2) is 22.8 Å². The zero-order chi connectivity index (χ0) is 17.7. The van der Waals surface area contributed by atoms with Gasteiger partial charge in [-0.15, -0.1) is 0 Å². The molecule has 9 heteroatoms. The average molecular weight is 386 g/mol. The first-order valence-corrected chi connectivity index (χ1v) is 7.91. The van der Waals surface area contributed by atoms with Gasteiger partial charge < -0.3 is 15.2 Å². The summed E-state index contributed by atoms with van der Waals surface area (Å²) >= 11 is 16.8. The molecule has 1 unspecified atom stereocenters. The number of hydrogen-bond acceptors (Lipinski definition) is 5. The second-order valence-electron chi connectivity index (χ2n) is 4.65. The van der Waals surface area contributed by atoms with Gasteiger partial charge in [0.1, 0.15) is 5.75 Å². The number of benzene rings is 1. The molecular weight excluding hydrogens is 373 g/mol. The molecule has 1 aromatic heterocycles. The third-order valence-corrected chi connectivity index (χ3v) is 3.56. The van der Waals surface area contributed by atoms with Crippen LogP contribution in [0.5, 0.6) is 11.5 Å². The van der Waals surface area contributed by atoms with Crippen molar-refractivity contribution in [3.8, 4) is 11.5 Å². The van der Waals surface area contributed by atoms with Crippen molar-refractivity contribution in [2.75, 3.05) is 5.32 Å². The van der Waals surface area contributed by atoms with E-state index in [0.717, 1.165) is 0 Å². The highest BCUT2D eigenvalue weighted by molar-refractivity contribution is 7.80. The third-order valence-electron chi connectivity index (χ3n) is 2.82. The molecule has 0 aliphatic rings. The molecule has 0 aliphatic carbocycles. The Morgan fingerprint density at radius 2 is 2.12 bits per heavy atom. The van der Waals surface area contributed by atoms with Gasteiger partial charge in [-0.2, -0.15) is 0 Å². The van der Waals surface area contributed by atoms with E-state index in [4.69, 9.17) is 40.2 Å². The minimum atomic E-state index is -0.860. The highest BCUT2D eigenvalue weighted by Gasteiger charge is 2.18. The predicted molar refractivity (Wildman–Crippen MR) is 96.8 cm³/mol. The number of carbonyl (C=O) groups is 1. The molecule has 24 heavy (non-hydrogen) atoms. The van der Waals surface area contributed by atoms with E-state index in [1.54, 1.807) is 25.1 Å². The van der Waals surface area contributed by atoms with Crippen LogP contribution in [-0.2, 0) is 4.79 Å². The van der Waals surface area contributed by atoms with Crippen LogP contribution < -0.4 is 15.4 Å². The van der Waals surface area contributed by atoms with Gasteiger partial charge in [0, 0.05) is 11.2 Å². The molecule has 0 saturated heterocycles. The van der Waals surface area contributed by atoms with E-state index in [-0.39, 0.29) is 16.7 Å². The molecule has 2 rings (SSSR count). The van der Waals surface area contributed by atoms with Crippen molar-refractivity contribution in [3.63, 3.8) is 0 Å². The van der Waals surface area contributed by atoms with E-state index in [1.807, 2.05) is 0 Å². The van der Waals surface area contributed by atoms with Crippen molar-refractivity contribution in [3.05, 3.63) is 46.6 Å². The van der Waals surface area contributed by atoms with E-state index in [2.05, 4.69) is 15.6 Å². The van der Waals surface area contributed by atoms with Crippen molar-refractivity contribution in [1.29, 1.82) is 0 Å². The molecule has 1 heterocycles. The lowest BCUT2D eigenvalue weighted by Gasteiger charge is -2.16. The van der Waals surface area contributed by atoms with Gasteiger partial charge in [0.05, 0.1) is 5.02 Å². The number of aromatic nitrogens is 1. The first-order chi connectivity index (χ1) is 11.4. The largest absolute Gasteiger partial charge is 0.504 e. The molecule has 0 aliphatic heterocycles. The molecule has 1 aromatic carbocycles. The molecule has 0 fully saturated rings. The Kier molecular flexibility index (Phi) is 6.19. The summed E-state index contributed by atoms with van der Waals surface area (Å²) in [5, 5.41) is 15.4. The fourth-order valence-corrected chi connectivity index (χ4v) is 2.31. The van der Waals surface area contributed by atoms with Gasteiger partial charge in [0.2, 0.25) is 0 Å². The Bertz CT molecular complexity index is 773. The Hall–Kier alpha value is -2.09. The molecule has 2 aromatic rings. The predicted octanol–water partition coefficient (Wildman–Crippen LogP) is 3.37. The number of nitrogens with zero attached hydrogens (tertiary/aromatic N) is 1. The number of hydrogen-bond donors (Lipinski definition) is 3. The number of carbonyl (C=O) groups excluding carboxylic acids is 1. The number of anilines is 1. The van der Waals surface area contributed by atoms with E-state index < -0.39 is 12.0 Å². The average Bonchev–Trinajstić information content (AvgIpc) is 2.52. The normalized spacial score (nSPS) is 11.5. The summed E-state index contributed by atoms with van der Waals surface area (Å²) in [7, 11) is 0. The van der Waals surface area contributed by atoms with Gasteiger partial charge in [-0.3, -0.25) is 10.1 Å². The lowest BCUT2D eigenvalue weighted by molar-refractivity contribution is -0.125. The SMILES string of the molecule is CC(Oc1ccc(Cl)cc1Cl)C(=O)NC(=S)Nc1ncccc1O. The number of ether oxygens (including phenoxy) is 1. The number of nitrogens with one attached hydrogen (secondary N) is 2. The van der Waals surface area contributed by atoms with Crippen LogP contribution in [0.4, 0.5) is 5.82 Å². The highest BCUT2D eigenvalue weighted by Crippen LogP contribution is 2.28. The quantitative estimate of drug-likeness (QED) is 0.699. The lowest BCUT2D eigenvalue weighted by atomic mass is 10.3. The lowest BCUT2D eigenvalue weighted by Crippen LogP contribution is -2.42. The van der Waals surface area contributed by atoms with Crippen LogP contribution in [0, 0.1) is 0 Å². The Labute approximate surface area is 153 Å². The number of rotatable bonds is 4. The van der Waals surface area contributed by atoms with Crippen molar-refractivity contribution < 1.29 is 14.6 Å². The van der Waals surface area contributed by atoms with Crippen LogP contribution >= 0.6 is 35.4 Å². The van der Waals surface area contributed by atoms with Crippen LogP contribution in [0.25, 0.3) is 0 Å². The monoisotopic (exact) mass is 385 g/mol. The fourth-order valence-electron chi connectivity index (χ4n) is 1.66. The van der Waals surface area contributed by atoms with Gasteiger partial charge in [0.25, 0.3) is 5.91 Å². The van der Waals surface area contributed by atoms with Gasteiger partial charge in [-0.1, -0.05) is 23.2 Å². The summed E-state index contributed by atoms with van der Waals surface area (Å²) in [6.07, 6.45) is 0.613. The topological polar surface area (TPSA) is 83.5 Å². The number of thiocarbonyl (C=S) groups is 1. The van der Waals surface area contributed by atoms with Crippen LogP contribution in [0.2, 0.25) is 10.0 Å². The fraction of sp³-hybridized carbons (Fsp3) is 0.133. The molecule has 3 N–H and O–H groups in total. The Morgan fingerprint density at radius 1 is 1.38 bits per heavy atom. The van der Waals surface area contributed by atoms with E-state index in [1.165, 1.54) is 18.3 Å². The van der Waals surface area contributed by atoms with E-state index in [0.29, 0.717) is 15.8 Å². The molecular formula is C15H13Cl2N3O3S. The molecule has 1 atom stereocenters. The summed E-state index contributed by atoms with van der Waals surface area (Å²) in [6.45, 7) is 1.54. The zero-order valence-corrected chi connectivity index (χ0v) is 14.7. The van der Waals surface area contributed by atoms with Crippen molar-refractivity contribution in [2.45, 2.75) is 13.0 Å². The zero-order valence-electron chi connectivity index (χ0n) is 12.4. The third kappa shape index (κ3) is 4.95. The van der Waals surface area contributed by atoms with Gasteiger partial charge in [-0.05, 0) is 49.5 Å². The van der Waals surface area contributed by atoms with Crippen LogP contribution in [0.1, 0.15) is 6.92 Å². The standard InChI is InChI=1S/C15H13Cl2N3O3S/c1-8(23-12-5-4-9(16)7-10(12)17)14(22)20-15(24)19-13-11(21)3-2-6-18-13/h2-8,21H,1H3,(H2,18,19,20,22,24). The number of halogens is 2. The van der Waals surface area contributed by atoms with Crippen molar-refractivity contribution in [1.82, 2.24) is 10.3 Å². The number of aromatic hydroxyl groups is 1. The molecule has 1 amide bonds. The molecule has 0 saturated carbocycles. The maximum absolute atomic E-state index is 12.1. The molecule has 6 nitrogen and oxygen atoms in total. The maximum atomic E-state index is 12.1. The minimum absolute atomic E-state index is 0.0216. The van der Waals surface area contributed by atoms with Crippen LogP contribution in [0.3, 0.4) is 0 Å². The van der Waals surface area contributed by atoms with E-state index >= 15 is 0 Å². The van der Waals surface area contributed by atoms with Crippen LogP contribution in [0.15, 0.2) is 36.5 Å². The molecule has 0 bridgehead atoms. The summed E-state index contributed by atoms with van der Waals surface area (Å²) in [5.74, 6) is -0.123. The second-order valence-corrected chi connectivity index (χ2v) is 5.90. The van der Waals surface area contributed by atoms with Crippen LogP contribution in [-0.4, -0.2) is 27.2 Å². The second kappa shape index (κ2) is 8.14. The van der Waals surface area contributed by atoms with Gasteiger partial charge in [-0.25, -0.2) is 4.98 Å². The first-order valence-electron chi connectivity index (χ1n) is 6.74. The highest BCUT2D eigenvalue weighted by atomic mass is 35.5. The van der Waals surface area contributed by atoms with E-state index in [9.17, 15) is 9.90 Å². The minimum Gasteiger partial charge on any atom is -0.504 e. The Balaban J connectivity index is 1.93. The summed E-state index contributed by atoms with van der Waals surface area (Å²) in [4.78, 5) is 16.0. The Morgan fingerprint density at radius 3 is 2.79 bits per heavy atom. The summed E-state index contributed by atoms with van der Waals surface area (Å²) in [6, 6.07) is 7.68. The molecule has 0 radical (unpaired) electrons. The molecule has 0 spiro atoms. The summed E-state index contributed by atoms with van der Waals surface area (Å²) in [5.41, 5.74) is 0. The number of amides is 1. The van der Waals surface area contributed by atoms with Gasteiger partial charge >= 0.3 is 0 Å². The smallest absolute Gasteiger partial charge is 0.266 e. The maximum Gasteiger partial charge on any atom is 0.266 e. The molecule has 126 valence electrons.